The topological polar surface area (TPSA) is 101 Å². The van der Waals surface area contributed by atoms with Crippen LogP contribution < -0.4 is 20.7 Å². The van der Waals surface area contributed by atoms with Crippen LogP contribution in [0.5, 0.6) is 6.01 Å². The summed E-state index contributed by atoms with van der Waals surface area (Å²) in [6.07, 6.45) is 1.75. The summed E-state index contributed by atoms with van der Waals surface area (Å²) in [5.41, 5.74) is 0. The summed E-state index contributed by atoms with van der Waals surface area (Å²) in [6, 6.07) is -0.206. The third-order valence-electron chi connectivity index (χ3n) is 2.56. The summed E-state index contributed by atoms with van der Waals surface area (Å²) in [5.74, 6) is 0.596. The van der Waals surface area contributed by atoms with E-state index in [2.05, 4.69) is 30.9 Å². The molecule has 0 spiro atoms. The summed E-state index contributed by atoms with van der Waals surface area (Å²) in [5, 5.41) is 8.60. The van der Waals surface area contributed by atoms with E-state index in [1.54, 1.807) is 14.0 Å². The molecule has 8 nitrogen and oxygen atoms in total. The minimum Gasteiger partial charge on any atom is -0.463 e. The number of nitrogens with one attached hydrogen (secondary N) is 3. The fourth-order valence-electron chi connectivity index (χ4n) is 1.45. The van der Waals surface area contributed by atoms with Gasteiger partial charge in [0, 0.05) is 13.6 Å². The Kier molecular flexibility index (Phi) is 7.20. The van der Waals surface area contributed by atoms with E-state index in [0.29, 0.717) is 25.0 Å². The van der Waals surface area contributed by atoms with E-state index >= 15 is 0 Å². The van der Waals surface area contributed by atoms with Gasteiger partial charge in [0.05, 0.1) is 6.61 Å². The Morgan fingerprint density at radius 1 is 1.19 bits per heavy atom. The van der Waals surface area contributed by atoms with Crippen molar-refractivity contribution in [2.75, 3.05) is 30.8 Å². The van der Waals surface area contributed by atoms with E-state index in [4.69, 9.17) is 4.74 Å². The molecule has 118 valence electrons. The second-order valence-electron chi connectivity index (χ2n) is 4.52. The number of nitrogens with zero attached hydrogens (tertiary/aromatic N) is 3. The highest BCUT2D eigenvalue weighted by Gasteiger charge is 2.15. The maximum atomic E-state index is 11.8. The molecule has 1 atom stereocenters. The van der Waals surface area contributed by atoms with Gasteiger partial charge in [-0.1, -0.05) is 13.8 Å². The SMILES string of the molecule is CCCNC(=O)C(C)Nc1nc(NC)nc(OCCC)n1. The van der Waals surface area contributed by atoms with Gasteiger partial charge in [0.1, 0.15) is 6.04 Å². The highest BCUT2D eigenvalue weighted by Crippen LogP contribution is 2.11. The van der Waals surface area contributed by atoms with Gasteiger partial charge in [0.2, 0.25) is 17.8 Å². The third-order valence-corrected chi connectivity index (χ3v) is 2.56. The minimum atomic E-state index is -0.442. The van der Waals surface area contributed by atoms with Crippen LogP contribution in [0.4, 0.5) is 11.9 Å². The lowest BCUT2D eigenvalue weighted by Gasteiger charge is -2.14. The van der Waals surface area contributed by atoms with Gasteiger partial charge in [-0.2, -0.15) is 15.0 Å². The van der Waals surface area contributed by atoms with Crippen molar-refractivity contribution in [3.05, 3.63) is 0 Å². The van der Waals surface area contributed by atoms with Crippen molar-refractivity contribution in [1.29, 1.82) is 0 Å². The maximum Gasteiger partial charge on any atom is 0.323 e. The predicted octanol–water partition coefficient (Wildman–Crippen LogP) is 1.03. The number of hydrogen-bond acceptors (Lipinski definition) is 7. The molecule has 1 rings (SSSR count). The molecular formula is C13H24N6O2. The quantitative estimate of drug-likeness (QED) is 0.625. The Morgan fingerprint density at radius 2 is 1.90 bits per heavy atom. The molecule has 0 aromatic carbocycles. The van der Waals surface area contributed by atoms with Gasteiger partial charge < -0.3 is 20.7 Å². The van der Waals surface area contributed by atoms with Crippen molar-refractivity contribution < 1.29 is 9.53 Å². The van der Waals surface area contributed by atoms with Gasteiger partial charge in [0.15, 0.2) is 0 Å². The molecule has 0 aliphatic rings. The Bertz CT molecular complexity index is 454. The van der Waals surface area contributed by atoms with Crippen LogP contribution in [0.25, 0.3) is 0 Å². The number of hydrogen-bond donors (Lipinski definition) is 3. The van der Waals surface area contributed by atoms with Crippen molar-refractivity contribution >= 4 is 17.8 Å². The van der Waals surface area contributed by atoms with Gasteiger partial charge in [0.25, 0.3) is 0 Å². The average molecular weight is 296 g/mol. The smallest absolute Gasteiger partial charge is 0.323 e. The summed E-state index contributed by atoms with van der Waals surface area (Å²) in [4.78, 5) is 24.2. The molecule has 1 amide bonds. The van der Waals surface area contributed by atoms with Crippen LogP contribution in [0, 0.1) is 0 Å². The zero-order valence-corrected chi connectivity index (χ0v) is 13.1. The Hall–Kier alpha value is -2.12. The summed E-state index contributed by atoms with van der Waals surface area (Å²) in [6.45, 7) is 6.93. The van der Waals surface area contributed by atoms with E-state index < -0.39 is 6.04 Å². The zero-order chi connectivity index (χ0) is 15.7. The third kappa shape index (κ3) is 5.80. The number of carbonyl (C=O) groups is 1. The van der Waals surface area contributed by atoms with Crippen LogP contribution in [0.15, 0.2) is 0 Å². The van der Waals surface area contributed by atoms with Crippen molar-refractivity contribution in [1.82, 2.24) is 20.3 Å². The first-order valence-corrected chi connectivity index (χ1v) is 7.21. The molecule has 0 radical (unpaired) electrons. The molecule has 8 heteroatoms. The molecule has 3 N–H and O–H groups in total. The van der Waals surface area contributed by atoms with E-state index in [-0.39, 0.29) is 11.9 Å². The normalized spacial score (nSPS) is 11.6. The first-order chi connectivity index (χ1) is 10.1. The van der Waals surface area contributed by atoms with E-state index in [0.717, 1.165) is 12.8 Å². The standard InChI is InChI=1S/C13H24N6O2/c1-5-7-15-10(20)9(3)16-12-17-11(14-4)18-13(19-12)21-8-6-2/h9H,5-8H2,1-4H3,(H,15,20)(H2,14,16,17,18,19). The Labute approximate surface area is 125 Å². The minimum absolute atomic E-state index is 0.0979. The maximum absolute atomic E-state index is 11.8. The van der Waals surface area contributed by atoms with Crippen molar-refractivity contribution in [2.24, 2.45) is 0 Å². The molecular weight excluding hydrogens is 272 g/mol. The summed E-state index contributed by atoms with van der Waals surface area (Å²) < 4.78 is 5.40. The number of rotatable bonds is 9. The van der Waals surface area contributed by atoms with Gasteiger partial charge in [-0.25, -0.2) is 0 Å². The predicted molar refractivity (Wildman–Crippen MR) is 81.5 cm³/mol. The van der Waals surface area contributed by atoms with Crippen LogP contribution in [0.1, 0.15) is 33.6 Å². The van der Waals surface area contributed by atoms with E-state index in [9.17, 15) is 4.79 Å². The van der Waals surface area contributed by atoms with Crippen LogP contribution in [0.2, 0.25) is 0 Å². The number of aromatic nitrogens is 3. The molecule has 21 heavy (non-hydrogen) atoms. The number of carbonyl (C=O) groups excluding carboxylic acids is 1. The van der Waals surface area contributed by atoms with Crippen LogP contribution in [-0.2, 0) is 4.79 Å². The number of ether oxygens (including phenoxy) is 1. The van der Waals surface area contributed by atoms with Gasteiger partial charge in [-0.05, 0) is 19.8 Å². The van der Waals surface area contributed by atoms with Crippen LogP contribution in [0.3, 0.4) is 0 Å². The molecule has 1 unspecified atom stereocenters. The first-order valence-electron chi connectivity index (χ1n) is 7.21. The second-order valence-corrected chi connectivity index (χ2v) is 4.52. The number of anilines is 2. The molecule has 1 aromatic rings. The average Bonchev–Trinajstić information content (AvgIpc) is 2.50. The zero-order valence-electron chi connectivity index (χ0n) is 13.1. The van der Waals surface area contributed by atoms with Gasteiger partial charge in [-0.15, -0.1) is 0 Å². The van der Waals surface area contributed by atoms with Crippen LogP contribution >= 0.6 is 0 Å². The lowest BCUT2D eigenvalue weighted by Crippen LogP contribution is -2.38. The molecule has 0 saturated carbocycles. The van der Waals surface area contributed by atoms with Crippen molar-refractivity contribution in [3.63, 3.8) is 0 Å². The first kappa shape index (κ1) is 16.9. The summed E-state index contributed by atoms with van der Waals surface area (Å²) in [7, 11) is 1.71. The fraction of sp³-hybridized carbons (Fsp3) is 0.692. The van der Waals surface area contributed by atoms with E-state index in [1.165, 1.54) is 0 Å². The molecule has 0 fully saturated rings. The summed E-state index contributed by atoms with van der Waals surface area (Å²) >= 11 is 0. The van der Waals surface area contributed by atoms with E-state index in [1.807, 2.05) is 13.8 Å². The highest BCUT2D eigenvalue weighted by atomic mass is 16.5. The number of amides is 1. The molecule has 0 aliphatic heterocycles. The highest BCUT2D eigenvalue weighted by molar-refractivity contribution is 5.83. The monoisotopic (exact) mass is 296 g/mol. The van der Waals surface area contributed by atoms with Crippen molar-refractivity contribution in [3.8, 4) is 6.01 Å². The fourth-order valence-corrected chi connectivity index (χ4v) is 1.45. The van der Waals surface area contributed by atoms with Gasteiger partial charge >= 0.3 is 6.01 Å². The molecule has 1 aromatic heterocycles. The van der Waals surface area contributed by atoms with Crippen LogP contribution in [-0.4, -0.2) is 47.1 Å². The lowest BCUT2D eigenvalue weighted by atomic mass is 10.3. The second kappa shape index (κ2) is 8.93. The largest absolute Gasteiger partial charge is 0.463 e. The molecule has 1 heterocycles. The molecule has 0 bridgehead atoms. The van der Waals surface area contributed by atoms with Crippen molar-refractivity contribution in [2.45, 2.75) is 39.7 Å². The Morgan fingerprint density at radius 3 is 2.52 bits per heavy atom. The lowest BCUT2D eigenvalue weighted by molar-refractivity contribution is -0.121. The Balaban J connectivity index is 2.74. The molecule has 0 saturated heterocycles. The molecule has 0 aliphatic carbocycles. The van der Waals surface area contributed by atoms with Gasteiger partial charge in [-0.3, -0.25) is 4.79 Å².